The van der Waals surface area contributed by atoms with Crippen LogP contribution in [0.3, 0.4) is 0 Å². The molecule has 4 nitrogen and oxygen atoms in total. The third kappa shape index (κ3) is 1.15. The lowest BCUT2D eigenvalue weighted by atomic mass is 10.1. The van der Waals surface area contributed by atoms with Crippen LogP contribution in [0, 0.1) is 0 Å². The fraction of sp³-hybridized carbons (Fsp3) is 1.00. The highest BCUT2D eigenvalue weighted by atomic mass is 16.6. The highest BCUT2D eigenvalue weighted by Crippen LogP contribution is 2.29. The molecule has 2 rings (SSSR count). The molecule has 2 aliphatic rings. The molecule has 1 unspecified atom stereocenters. The molecule has 0 radical (unpaired) electrons. The zero-order valence-electron chi connectivity index (χ0n) is 7.36. The molecule has 70 valence electrons. The van der Waals surface area contributed by atoms with Gasteiger partial charge in [0.25, 0.3) is 0 Å². The second-order valence-electron chi connectivity index (χ2n) is 3.14. The fourth-order valence-electron chi connectivity index (χ4n) is 1.83. The van der Waals surface area contributed by atoms with Crippen molar-refractivity contribution in [2.75, 3.05) is 27.4 Å². The summed E-state index contributed by atoms with van der Waals surface area (Å²) in [7, 11) is 3.36. The van der Waals surface area contributed by atoms with Crippen LogP contribution in [-0.4, -0.2) is 51.8 Å². The number of rotatable bonds is 2. The summed E-state index contributed by atoms with van der Waals surface area (Å²) in [6.07, 6.45) is 0.296. The van der Waals surface area contributed by atoms with Gasteiger partial charge in [0.1, 0.15) is 24.4 Å². The van der Waals surface area contributed by atoms with Crippen LogP contribution >= 0.6 is 0 Å². The van der Waals surface area contributed by atoms with Gasteiger partial charge in [0.2, 0.25) is 0 Å². The Balaban J connectivity index is 2.01. The maximum atomic E-state index is 5.51. The summed E-state index contributed by atoms with van der Waals surface area (Å²) in [5.41, 5.74) is 0. The summed E-state index contributed by atoms with van der Waals surface area (Å²) in [5, 5.41) is 0. The molecule has 0 aliphatic carbocycles. The molecule has 2 saturated heterocycles. The van der Waals surface area contributed by atoms with Crippen LogP contribution in [0.5, 0.6) is 0 Å². The Labute approximate surface area is 71.7 Å². The third-order valence-electron chi connectivity index (χ3n) is 2.57. The highest BCUT2D eigenvalue weighted by molar-refractivity contribution is 4.95. The van der Waals surface area contributed by atoms with Gasteiger partial charge in [-0.05, 0) is 0 Å². The normalized spacial score (nSPS) is 46.5. The van der Waals surface area contributed by atoms with Crippen molar-refractivity contribution in [3.63, 3.8) is 0 Å². The fourth-order valence-corrected chi connectivity index (χ4v) is 1.83. The van der Waals surface area contributed by atoms with Crippen molar-refractivity contribution in [1.82, 2.24) is 0 Å². The van der Waals surface area contributed by atoms with Crippen molar-refractivity contribution in [2.45, 2.75) is 24.4 Å². The van der Waals surface area contributed by atoms with E-state index in [0.717, 1.165) is 0 Å². The first kappa shape index (κ1) is 8.44. The van der Waals surface area contributed by atoms with Gasteiger partial charge in [0.15, 0.2) is 0 Å². The summed E-state index contributed by atoms with van der Waals surface area (Å²) in [4.78, 5) is 0. The molecule has 0 aromatic heterocycles. The topological polar surface area (TPSA) is 36.9 Å². The molecule has 0 spiro atoms. The SMILES string of the molecule is CO[C@@H]1CO[C@H]2C1OC[C@H]2OC. The largest absolute Gasteiger partial charge is 0.376 e. The van der Waals surface area contributed by atoms with Crippen LogP contribution in [0.4, 0.5) is 0 Å². The molecule has 0 saturated carbocycles. The molecule has 0 amide bonds. The summed E-state index contributed by atoms with van der Waals surface area (Å²) in [6, 6.07) is 0. The Morgan fingerprint density at radius 3 is 1.67 bits per heavy atom. The summed E-state index contributed by atoms with van der Waals surface area (Å²) < 4.78 is 21.4. The lowest BCUT2D eigenvalue weighted by Gasteiger charge is -2.14. The van der Waals surface area contributed by atoms with Gasteiger partial charge in [-0.3, -0.25) is 0 Å². The van der Waals surface area contributed by atoms with Gasteiger partial charge in [0, 0.05) is 14.2 Å². The maximum absolute atomic E-state index is 5.51. The summed E-state index contributed by atoms with van der Waals surface area (Å²) >= 11 is 0. The lowest BCUT2D eigenvalue weighted by molar-refractivity contribution is -0.0267. The second kappa shape index (κ2) is 3.30. The number of ether oxygens (including phenoxy) is 4. The van der Waals surface area contributed by atoms with Crippen LogP contribution < -0.4 is 0 Å². The molecule has 4 heteroatoms. The number of hydrogen-bond acceptors (Lipinski definition) is 4. The van der Waals surface area contributed by atoms with Gasteiger partial charge >= 0.3 is 0 Å². The quantitative estimate of drug-likeness (QED) is 0.581. The first-order valence-electron chi connectivity index (χ1n) is 4.15. The van der Waals surface area contributed by atoms with Crippen molar-refractivity contribution in [1.29, 1.82) is 0 Å². The van der Waals surface area contributed by atoms with E-state index in [4.69, 9.17) is 18.9 Å². The monoisotopic (exact) mass is 174 g/mol. The van der Waals surface area contributed by atoms with Crippen LogP contribution in [0.2, 0.25) is 0 Å². The molecule has 12 heavy (non-hydrogen) atoms. The Bertz CT molecular complexity index is 143. The van der Waals surface area contributed by atoms with Gasteiger partial charge in [-0.1, -0.05) is 0 Å². The zero-order chi connectivity index (χ0) is 8.55. The average molecular weight is 174 g/mol. The van der Waals surface area contributed by atoms with E-state index in [-0.39, 0.29) is 24.4 Å². The van der Waals surface area contributed by atoms with Crippen molar-refractivity contribution in [2.24, 2.45) is 0 Å². The summed E-state index contributed by atoms with van der Waals surface area (Å²) in [6.45, 7) is 1.23. The van der Waals surface area contributed by atoms with Gasteiger partial charge in [-0.15, -0.1) is 0 Å². The molecule has 4 atom stereocenters. The van der Waals surface area contributed by atoms with E-state index in [1.54, 1.807) is 14.2 Å². The van der Waals surface area contributed by atoms with Gasteiger partial charge in [-0.25, -0.2) is 0 Å². The minimum absolute atomic E-state index is 0.0694. The Morgan fingerprint density at radius 1 is 0.917 bits per heavy atom. The molecule has 0 bridgehead atoms. The Morgan fingerprint density at radius 2 is 1.33 bits per heavy atom. The molecule has 0 aromatic carbocycles. The average Bonchev–Trinajstić information content (AvgIpc) is 2.62. The molecule has 2 fully saturated rings. The van der Waals surface area contributed by atoms with E-state index in [0.29, 0.717) is 13.2 Å². The Hall–Kier alpha value is -0.160. The smallest absolute Gasteiger partial charge is 0.115 e. The van der Waals surface area contributed by atoms with Gasteiger partial charge < -0.3 is 18.9 Å². The lowest BCUT2D eigenvalue weighted by Crippen LogP contribution is -2.32. The number of hydrogen-bond donors (Lipinski definition) is 0. The van der Waals surface area contributed by atoms with Crippen LogP contribution in [0.25, 0.3) is 0 Å². The third-order valence-corrected chi connectivity index (χ3v) is 2.57. The van der Waals surface area contributed by atoms with E-state index in [1.165, 1.54) is 0 Å². The zero-order valence-corrected chi connectivity index (χ0v) is 7.36. The first-order valence-corrected chi connectivity index (χ1v) is 4.15. The minimum atomic E-state index is 0.0694. The number of methoxy groups -OCH3 is 2. The molecule has 2 aliphatic heterocycles. The van der Waals surface area contributed by atoms with E-state index in [2.05, 4.69) is 0 Å². The van der Waals surface area contributed by atoms with Gasteiger partial charge in [0.05, 0.1) is 13.2 Å². The van der Waals surface area contributed by atoms with Crippen molar-refractivity contribution >= 4 is 0 Å². The molecule has 0 aromatic rings. The van der Waals surface area contributed by atoms with E-state index < -0.39 is 0 Å². The standard InChI is InChI=1S/C8H14O4/c1-9-5-3-11-8-6(10-2)4-12-7(5)8/h5-8H,3-4H2,1-2H3/t5-,6-,7-,8?/m1/s1. The summed E-state index contributed by atoms with van der Waals surface area (Å²) in [5.74, 6) is 0. The molecular weight excluding hydrogens is 160 g/mol. The maximum Gasteiger partial charge on any atom is 0.115 e. The van der Waals surface area contributed by atoms with E-state index >= 15 is 0 Å². The first-order chi connectivity index (χ1) is 5.86. The van der Waals surface area contributed by atoms with Crippen molar-refractivity contribution < 1.29 is 18.9 Å². The van der Waals surface area contributed by atoms with Crippen LogP contribution in [-0.2, 0) is 18.9 Å². The molecule has 0 N–H and O–H groups in total. The molecule has 2 heterocycles. The van der Waals surface area contributed by atoms with Gasteiger partial charge in [-0.2, -0.15) is 0 Å². The van der Waals surface area contributed by atoms with Crippen molar-refractivity contribution in [3.05, 3.63) is 0 Å². The highest BCUT2D eigenvalue weighted by Gasteiger charge is 2.48. The van der Waals surface area contributed by atoms with Crippen LogP contribution in [0.15, 0.2) is 0 Å². The van der Waals surface area contributed by atoms with E-state index in [1.807, 2.05) is 0 Å². The van der Waals surface area contributed by atoms with E-state index in [9.17, 15) is 0 Å². The van der Waals surface area contributed by atoms with Crippen molar-refractivity contribution in [3.8, 4) is 0 Å². The minimum Gasteiger partial charge on any atom is -0.376 e. The molecular formula is C8H14O4. The van der Waals surface area contributed by atoms with Crippen LogP contribution in [0.1, 0.15) is 0 Å². The Kier molecular flexibility index (Phi) is 2.32. The predicted molar refractivity (Wildman–Crippen MR) is 41.1 cm³/mol. The number of fused-ring (bicyclic) bond motifs is 1. The predicted octanol–water partition coefficient (Wildman–Crippen LogP) is -0.186. The second-order valence-corrected chi connectivity index (χ2v) is 3.14.